The third-order valence-corrected chi connectivity index (χ3v) is 2.79. The maximum Gasteiger partial charge on any atom is 0.225 e. The summed E-state index contributed by atoms with van der Waals surface area (Å²) in [7, 11) is 0. The molecule has 3 aromatic heterocycles. The van der Waals surface area contributed by atoms with E-state index in [1.54, 1.807) is 12.4 Å². The van der Waals surface area contributed by atoms with Crippen LogP contribution in [0, 0.1) is 6.92 Å². The molecule has 96 valence electrons. The van der Waals surface area contributed by atoms with E-state index in [0.29, 0.717) is 5.95 Å². The number of aromatic nitrogens is 5. The lowest BCUT2D eigenvalue weighted by Gasteiger charge is -2.06. The SMILES string of the molecule is CCNc1nc(-c2cncc(C)c2)c2cn[nH]c2n1. The molecule has 0 saturated carbocycles. The van der Waals surface area contributed by atoms with Crippen LogP contribution in [0.1, 0.15) is 12.5 Å². The van der Waals surface area contributed by atoms with Gasteiger partial charge >= 0.3 is 0 Å². The van der Waals surface area contributed by atoms with Gasteiger partial charge in [0.05, 0.1) is 17.3 Å². The van der Waals surface area contributed by atoms with Crippen LogP contribution in [0.3, 0.4) is 0 Å². The number of hydrogen-bond donors (Lipinski definition) is 2. The number of hydrogen-bond acceptors (Lipinski definition) is 5. The predicted octanol–water partition coefficient (Wildman–Crippen LogP) is 2.16. The van der Waals surface area contributed by atoms with Crippen molar-refractivity contribution in [1.29, 1.82) is 0 Å². The third kappa shape index (κ3) is 2.12. The van der Waals surface area contributed by atoms with Crippen molar-refractivity contribution in [2.24, 2.45) is 0 Å². The topological polar surface area (TPSA) is 79.4 Å². The maximum absolute atomic E-state index is 4.55. The van der Waals surface area contributed by atoms with Crippen LogP contribution >= 0.6 is 0 Å². The first-order valence-electron chi connectivity index (χ1n) is 6.15. The first-order valence-corrected chi connectivity index (χ1v) is 6.15. The molecule has 0 aliphatic heterocycles. The minimum Gasteiger partial charge on any atom is -0.354 e. The number of aromatic amines is 1. The van der Waals surface area contributed by atoms with Gasteiger partial charge in [0.25, 0.3) is 0 Å². The summed E-state index contributed by atoms with van der Waals surface area (Å²) in [4.78, 5) is 13.1. The van der Waals surface area contributed by atoms with Crippen molar-refractivity contribution in [2.75, 3.05) is 11.9 Å². The number of H-pyrrole nitrogens is 1. The Morgan fingerprint density at radius 3 is 2.89 bits per heavy atom. The molecule has 0 aliphatic carbocycles. The van der Waals surface area contributed by atoms with Crippen LogP contribution in [0.4, 0.5) is 5.95 Å². The second kappa shape index (κ2) is 4.64. The molecule has 6 nitrogen and oxygen atoms in total. The van der Waals surface area contributed by atoms with Crippen molar-refractivity contribution in [3.8, 4) is 11.3 Å². The number of nitrogens with one attached hydrogen (secondary N) is 2. The molecule has 0 radical (unpaired) electrons. The maximum atomic E-state index is 4.55. The van der Waals surface area contributed by atoms with Crippen LogP contribution in [-0.2, 0) is 0 Å². The summed E-state index contributed by atoms with van der Waals surface area (Å²) in [6.07, 6.45) is 5.36. The second-order valence-corrected chi connectivity index (χ2v) is 4.31. The number of nitrogens with zero attached hydrogens (tertiary/aromatic N) is 4. The molecular weight excluding hydrogens is 240 g/mol. The van der Waals surface area contributed by atoms with E-state index in [1.165, 1.54) is 0 Å². The molecule has 0 aliphatic rings. The van der Waals surface area contributed by atoms with Crippen LogP contribution in [0.25, 0.3) is 22.3 Å². The minimum atomic E-state index is 0.593. The predicted molar refractivity (Wildman–Crippen MR) is 73.8 cm³/mol. The Morgan fingerprint density at radius 2 is 2.11 bits per heavy atom. The lowest BCUT2D eigenvalue weighted by atomic mass is 10.1. The Balaban J connectivity index is 2.23. The standard InChI is InChI=1S/C13H14N6/c1-3-15-13-17-11(9-4-8(2)5-14-6-9)10-7-16-19-12(10)18-13/h4-7H,3H2,1-2H3,(H2,15,16,17,18,19). The third-order valence-electron chi connectivity index (χ3n) is 2.79. The highest BCUT2D eigenvalue weighted by Gasteiger charge is 2.11. The molecule has 3 rings (SSSR count). The van der Waals surface area contributed by atoms with Gasteiger partial charge in [-0.05, 0) is 25.5 Å². The normalized spacial score (nSPS) is 10.8. The van der Waals surface area contributed by atoms with Gasteiger partial charge in [0.1, 0.15) is 0 Å². The second-order valence-electron chi connectivity index (χ2n) is 4.31. The Hall–Kier alpha value is -2.50. The summed E-state index contributed by atoms with van der Waals surface area (Å²) in [6, 6.07) is 2.05. The smallest absolute Gasteiger partial charge is 0.225 e. The highest BCUT2D eigenvalue weighted by Crippen LogP contribution is 2.25. The van der Waals surface area contributed by atoms with E-state index in [4.69, 9.17) is 0 Å². The van der Waals surface area contributed by atoms with E-state index in [1.807, 2.05) is 20.0 Å². The van der Waals surface area contributed by atoms with Crippen molar-refractivity contribution in [3.05, 3.63) is 30.2 Å². The van der Waals surface area contributed by atoms with Gasteiger partial charge in [-0.25, -0.2) is 4.98 Å². The summed E-state index contributed by atoms with van der Waals surface area (Å²) in [5.41, 5.74) is 3.62. The summed E-state index contributed by atoms with van der Waals surface area (Å²) >= 11 is 0. The van der Waals surface area contributed by atoms with Gasteiger partial charge in [0, 0.05) is 24.5 Å². The Kier molecular flexibility index (Phi) is 2.83. The quantitative estimate of drug-likeness (QED) is 0.748. The van der Waals surface area contributed by atoms with Crippen molar-refractivity contribution in [2.45, 2.75) is 13.8 Å². The molecule has 3 heterocycles. The average Bonchev–Trinajstić information content (AvgIpc) is 2.86. The summed E-state index contributed by atoms with van der Waals surface area (Å²) in [6.45, 7) is 4.79. The zero-order valence-corrected chi connectivity index (χ0v) is 10.8. The van der Waals surface area contributed by atoms with Crippen LogP contribution in [0.15, 0.2) is 24.7 Å². The number of pyridine rings is 1. The largest absolute Gasteiger partial charge is 0.354 e. The van der Waals surface area contributed by atoms with Crippen molar-refractivity contribution >= 4 is 17.0 Å². The summed E-state index contributed by atoms with van der Waals surface area (Å²) in [5, 5.41) is 10.9. The highest BCUT2D eigenvalue weighted by molar-refractivity contribution is 5.90. The zero-order chi connectivity index (χ0) is 13.2. The van der Waals surface area contributed by atoms with Gasteiger partial charge in [-0.1, -0.05) is 0 Å². The zero-order valence-electron chi connectivity index (χ0n) is 10.8. The van der Waals surface area contributed by atoms with Crippen LogP contribution in [-0.4, -0.2) is 31.7 Å². The van der Waals surface area contributed by atoms with Gasteiger partial charge in [0.15, 0.2) is 5.65 Å². The minimum absolute atomic E-state index is 0.593. The summed E-state index contributed by atoms with van der Waals surface area (Å²) < 4.78 is 0. The van der Waals surface area contributed by atoms with E-state index < -0.39 is 0 Å². The molecule has 0 saturated heterocycles. The van der Waals surface area contributed by atoms with Gasteiger partial charge < -0.3 is 5.32 Å². The monoisotopic (exact) mass is 254 g/mol. The van der Waals surface area contributed by atoms with Crippen molar-refractivity contribution in [1.82, 2.24) is 25.1 Å². The first kappa shape index (κ1) is 11.6. The van der Waals surface area contributed by atoms with E-state index in [2.05, 4.69) is 36.5 Å². The fraction of sp³-hybridized carbons (Fsp3) is 0.231. The molecule has 0 spiro atoms. The first-order chi connectivity index (χ1) is 9.28. The molecule has 3 aromatic rings. The molecule has 0 unspecified atom stereocenters. The number of fused-ring (bicyclic) bond motifs is 1. The molecule has 6 heteroatoms. The molecular formula is C13H14N6. The van der Waals surface area contributed by atoms with Gasteiger partial charge in [0.2, 0.25) is 5.95 Å². The molecule has 0 atom stereocenters. The lowest BCUT2D eigenvalue weighted by Crippen LogP contribution is -2.03. The fourth-order valence-corrected chi connectivity index (χ4v) is 1.98. The Morgan fingerprint density at radius 1 is 1.21 bits per heavy atom. The molecule has 2 N–H and O–H groups in total. The summed E-state index contributed by atoms with van der Waals surface area (Å²) in [5.74, 6) is 0.593. The van der Waals surface area contributed by atoms with Crippen LogP contribution < -0.4 is 5.32 Å². The van der Waals surface area contributed by atoms with E-state index in [0.717, 1.165) is 34.4 Å². The van der Waals surface area contributed by atoms with E-state index in [9.17, 15) is 0 Å². The molecule has 19 heavy (non-hydrogen) atoms. The number of rotatable bonds is 3. The molecule has 0 amide bonds. The molecule has 0 fully saturated rings. The Bertz CT molecular complexity index is 718. The van der Waals surface area contributed by atoms with E-state index in [-0.39, 0.29) is 0 Å². The molecule has 0 bridgehead atoms. The highest BCUT2D eigenvalue weighted by atomic mass is 15.2. The van der Waals surface area contributed by atoms with Crippen molar-refractivity contribution < 1.29 is 0 Å². The average molecular weight is 254 g/mol. The van der Waals surface area contributed by atoms with Gasteiger partial charge in [-0.2, -0.15) is 10.1 Å². The van der Waals surface area contributed by atoms with Crippen LogP contribution in [0.2, 0.25) is 0 Å². The van der Waals surface area contributed by atoms with Crippen molar-refractivity contribution in [3.63, 3.8) is 0 Å². The van der Waals surface area contributed by atoms with E-state index >= 15 is 0 Å². The molecule has 0 aromatic carbocycles. The van der Waals surface area contributed by atoms with Gasteiger partial charge in [-0.15, -0.1) is 0 Å². The lowest BCUT2D eigenvalue weighted by molar-refractivity contribution is 1.07. The fourth-order valence-electron chi connectivity index (χ4n) is 1.98. The number of anilines is 1. The Labute approximate surface area is 110 Å². The van der Waals surface area contributed by atoms with Crippen LogP contribution in [0.5, 0.6) is 0 Å². The van der Waals surface area contributed by atoms with Gasteiger partial charge in [-0.3, -0.25) is 10.1 Å². The number of aryl methyl sites for hydroxylation is 1.